The molecule has 0 amide bonds. The van der Waals surface area contributed by atoms with E-state index in [9.17, 15) is 4.39 Å². The largest absolute Gasteiger partial charge is 0.235 e. The van der Waals surface area contributed by atoms with E-state index in [1.54, 1.807) is 34.8 Å². The fraction of sp³-hybridized carbons (Fsp3) is 0. The van der Waals surface area contributed by atoms with Crippen LogP contribution in [0.15, 0.2) is 71.4 Å². The van der Waals surface area contributed by atoms with E-state index in [0.29, 0.717) is 0 Å². The highest BCUT2D eigenvalue weighted by atomic mass is 32.1. The molecule has 0 unspecified atom stereocenters. The highest BCUT2D eigenvalue weighted by Gasteiger charge is 2.08. The summed E-state index contributed by atoms with van der Waals surface area (Å²) < 4.78 is 13.1. The van der Waals surface area contributed by atoms with Crippen LogP contribution in [0.25, 0.3) is 32.3 Å². The smallest absolute Gasteiger partial charge is 0.134 e. The lowest BCUT2D eigenvalue weighted by molar-refractivity contribution is 0.628. The molecule has 2 aromatic heterocycles. The highest BCUT2D eigenvalue weighted by molar-refractivity contribution is 7.20. The number of aromatic nitrogens is 1. The summed E-state index contributed by atoms with van der Waals surface area (Å²) in [5, 5.41) is 5.19. The molecule has 1 nitrogen and oxygen atoms in total. The Morgan fingerprint density at radius 2 is 1.61 bits per heavy atom. The zero-order valence-corrected chi connectivity index (χ0v) is 13.7. The Balaban J connectivity index is 1.70. The fourth-order valence-electron chi connectivity index (χ4n) is 2.42. The van der Waals surface area contributed by atoms with Gasteiger partial charge in [0.1, 0.15) is 10.8 Å². The van der Waals surface area contributed by atoms with Crippen LogP contribution in [0, 0.1) is 5.82 Å². The Labute approximate surface area is 141 Å². The molecule has 23 heavy (non-hydrogen) atoms. The number of halogens is 1. The average Bonchev–Trinajstić information content (AvgIpc) is 3.27. The molecule has 2 aromatic carbocycles. The lowest BCUT2D eigenvalue weighted by Gasteiger charge is -2.04. The maximum Gasteiger partial charge on any atom is 0.134 e. The van der Waals surface area contributed by atoms with E-state index < -0.39 is 0 Å². The topological polar surface area (TPSA) is 12.9 Å². The third-order valence-electron chi connectivity index (χ3n) is 3.57. The van der Waals surface area contributed by atoms with Crippen LogP contribution in [-0.2, 0) is 0 Å². The Bertz CT molecular complexity index is 924. The minimum atomic E-state index is -0.218. The van der Waals surface area contributed by atoms with E-state index in [-0.39, 0.29) is 5.82 Å². The normalized spacial score (nSPS) is 10.8. The summed E-state index contributed by atoms with van der Waals surface area (Å²) in [5.74, 6) is -0.218. The molecule has 0 bridgehead atoms. The van der Waals surface area contributed by atoms with Crippen molar-refractivity contribution < 1.29 is 4.39 Å². The van der Waals surface area contributed by atoms with Gasteiger partial charge in [-0.25, -0.2) is 9.37 Å². The number of hydrogen-bond donors (Lipinski definition) is 0. The van der Waals surface area contributed by atoms with Crippen molar-refractivity contribution >= 4 is 22.7 Å². The number of hydrogen-bond acceptors (Lipinski definition) is 3. The van der Waals surface area contributed by atoms with Crippen molar-refractivity contribution in [2.75, 3.05) is 0 Å². The lowest BCUT2D eigenvalue weighted by Crippen LogP contribution is -1.82. The molecule has 0 saturated heterocycles. The quantitative estimate of drug-likeness (QED) is 0.425. The summed E-state index contributed by atoms with van der Waals surface area (Å²) in [6, 6.07) is 18.9. The zero-order valence-electron chi connectivity index (χ0n) is 12.1. The second-order valence-corrected chi connectivity index (χ2v) is 6.91. The minimum absolute atomic E-state index is 0.218. The number of thiazole rings is 1. The molecule has 112 valence electrons. The Hall–Kier alpha value is -2.30. The number of rotatable bonds is 3. The standard InChI is InChI=1S/C19H12FNS2/c20-16-8-6-13(7-9-16)14-3-1-4-15(11-14)17-12-23-19(21-17)18-5-2-10-22-18/h1-12H. The van der Waals surface area contributed by atoms with Crippen molar-refractivity contribution in [3.05, 3.63) is 77.2 Å². The first-order valence-corrected chi connectivity index (χ1v) is 8.91. The summed E-state index contributed by atoms with van der Waals surface area (Å²) >= 11 is 3.35. The second kappa shape index (κ2) is 6.07. The van der Waals surface area contributed by atoms with Gasteiger partial charge in [0.25, 0.3) is 0 Å². The summed E-state index contributed by atoms with van der Waals surface area (Å²) in [6.07, 6.45) is 0. The number of nitrogens with zero attached hydrogens (tertiary/aromatic N) is 1. The van der Waals surface area contributed by atoms with Crippen LogP contribution in [0.3, 0.4) is 0 Å². The molecule has 4 rings (SSSR count). The molecule has 0 aliphatic carbocycles. The molecule has 4 heteroatoms. The van der Waals surface area contributed by atoms with Gasteiger partial charge in [0, 0.05) is 10.9 Å². The fourth-order valence-corrected chi connectivity index (χ4v) is 4.06. The molecule has 0 radical (unpaired) electrons. The SMILES string of the molecule is Fc1ccc(-c2cccc(-c3csc(-c4cccs4)n3)c2)cc1. The minimum Gasteiger partial charge on any atom is -0.235 e. The Kier molecular flexibility index (Phi) is 3.77. The van der Waals surface area contributed by atoms with Crippen molar-refractivity contribution in [3.63, 3.8) is 0 Å². The summed E-state index contributed by atoms with van der Waals surface area (Å²) in [6.45, 7) is 0. The van der Waals surface area contributed by atoms with Gasteiger partial charge in [0.05, 0.1) is 10.6 Å². The molecule has 0 aliphatic heterocycles. The van der Waals surface area contributed by atoms with Gasteiger partial charge in [-0.2, -0.15) is 0 Å². The van der Waals surface area contributed by atoms with E-state index >= 15 is 0 Å². The third-order valence-corrected chi connectivity index (χ3v) is 5.45. The Morgan fingerprint density at radius 1 is 0.783 bits per heavy atom. The first-order valence-electron chi connectivity index (χ1n) is 7.15. The molecular weight excluding hydrogens is 325 g/mol. The van der Waals surface area contributed by atoms with Gasteiger partial charge in [-0.3, -0.25) is 0 Å². The molecule has 0 aliphatic rings. The van der Waals surface area contributed by atoms with Crippen LogP contribution in [0.4, 0.5) is 4.39 Å². The van der Waals surface area contributed by atoms with Gasteiger partial charge < -0.3 is 0 Å². The van der Waals surface area contributed by atoms with Crippen LogP contribution in [0.1, 0.15) is 0 Å². The van der Waals surface area contributed by atoms with E-state index in [4.69, 9.17) is 4.98 Å². The van der Waals surface area contributed by atoms with Crippen LogP contribution >= 0.6 is 22.7 Å². The maximum absolute atomic E-state index is 13.1. The second-order valence-electron chi connectivity index (χ2n) is 5.10. The molecule has 0 spiro atoms. The first-order chi connectivity index (χ1) is 11.3. The van der Waals surface area contributed by atoms with Crippen LogP contribution < -0.4 is 0 Å². The highest BCUT2D eigenvalue weighted by Crippen LogP contribution is 2.33. The zero-order chi connectivity index (χ0) is 15.6. The molecule has 0 fully saturated rings. The average molecular weight is 337 g/mol. The van der Waals surface area contributed by atoms with E-state index in [1.165, 1.54) is 17.0 Å². The van der Waals surface area contributed by atoms with E-state index in [1.807, 2.05) is 18.2 Å². The molecule has 4 aromatic rings. The van der Waals surface area contributed by atoms with Crippen molar-refractivity contribution in [2.45, 2.75) is 0 Å². The molecule has 2 heterocycles. The number of thiophene rings is 1. The van der Waals surface area contributed by atoms with E-state index in [0.717, 1.165) is 27.4 Å². The monoisotopic (exact) mass is 337 g/mol. The van der Waals surface area contributed by atoms with Gasteiger partial charge in [0.15, 0.2) is 0 Å². The van der Waals surface area contributed by atoms with Gasteiger partial charge in [-0.1, -0.05) is 36.4 Å². The predicted molar refractivity (Wildman–Crippen MR) is 96.3 cm³/mol. The van der Waals surface area contributed by atoms with Crippen LogP contribution in [-0.4, -0.2) is 4.98 Å². The van der Waals surface area contributed by atoms with Crippen molar-refractivity contribution in [1.29, 1.82) is 0 Å². The van der Waals surface area contributed by atoms with Crippen LogP contribution in [0.2, 0.25) is 0 Å². The lowest BCUT2D eigenvalue weighted by atomic mass is 10.0. The summed E-state index contributed by atoms with van der Waals surface area (Å²) in [7, 11) is 0. The molecular formula is C19H12FNS2. The van der Waals surface area contributed by atoms with Crippen molar-refractivity contribution in [2.24, 2.45) is 0 Å². The molecule has 0 saturated carbocycles. The van der Waals surface area contributed by atoms with Gasteiger partial charge in [-0.05, 0) is 40.8 Å². The predicted octanol–water partition coefficient (Wildman–Crippen LogP) is 6.34. The van der Waals surface area contributed by atoms with E-state index in [2.05, 4.69) is 29.0 Å². The Morgan fingerprint density at radius 3 is 2.39 bits per heavy atom. The van der Waals surface area contributed by atoms with Crippen LogP contribution in [0.5, 0.6) is 0 Å². The number of benzene rings is 2. The van der Waals surface area contributed by atoms with Gasteiger partial charge in [0.2, 0.25) is 0 Å². The first kappa shape index (κ1) is 14.3. The maximum atomic E-state index is 13.1. The molecule has 0 atom stereocenters. The molecule has 0 N–H and O–H groups in total. The van der Waals surface area contributed by atoms with Crippen molar-refractivity contribution in [3.8, 4) is 32.3 Å². The summed E-state index contributed by atoms with van der Waals surface area (Å²) in [4.78, 5) is 5.93. The summed E-state index contributed by atoms with van der Waals surface area (Å²) in [5.41, 5.74) is 4.11. The van der Waals surface area contributed by atoms with Gasteiger partial charge in [-0.15, -0.1) is 22.7 Å². The van der Waals surface area contributed by atoms with Gasteiger partial charge >= 0.3 is 0 Å². The third kappa shape index (κ3) is 2.96. The van der Waals surface area contributed by atoms with Crippen molar-refractivity contribution in [1.82, 2.24) is 4.98 Å².